The number of esters is 1. The maximum atomic E-state index is 13.2. The van der Waals surface area contributed by atoms with Gasteiger partial charge in [-0.1, -0.05) is 0 Å². The first-order valence-corrected chi connectivity index (χ1v) is 4.53. The summed E-state index contributed by atoms with van der Waals surface area (Å²) in [6, 6.07) is -0.824. The number of hydrogen-bond donors (Lipinski definition) is 1. The van der Waals surface area contributed by atoms with Crippen LogP contribution in [-0.4, -0.2) is 19.1 Å². The molecule has 0 radical (unpaired) electrons. The molecule has 0 bridgehead atoms. The van der Waals surface area contributed by atoms with Crippen LogP contribution < -0.4 is 5.73 Å². The van der Waals surface area contributed by atoms with Gasteiger partial charge in [-0.05, 0) is 11.6 Å². The number of ether oxygens (including phenoxy) is 1. The molecular weight excluding hydrogens is 242 g/mol. The van der Waals surface area contributed by atoms with Gasteiger partial charge in [0.05, 0.1) is 7.11 Å². The molecule has 0 aliphatic carbocycles. The molecule has 94 valence electrons. The summed E-state index contributed by atoms with van der Waals surface area (Å²) in [6.45, 7) is 0. The maximum Gasteiger partial charge on any atom is 0.322 e. The van der Waals surface area contributed by atoms with Crippen LogP contribution in [0.1, 0.15) is 5.56 Å². The molecule has 1 unspecified atom stereocenters. The van der Waals surface area contributed by atoms with E-state index < -0.39 is 47.3 Å². The fourth-order valence-corrected chi connectivity index (χ4v) is 1.24. The molecule has 1 atom stereocenters. The molecule has 1 rings (SSSR count). The first-order chi connectivity index (χ1) is 7.88. The molecule has 0 amide bonds. The summed E-state index contributed by atoms with van der Waals surface area (Å²) in [4.78, 5) is 10.9. The van der Waals surface area contributed by atoms with Crippen LogP contribution in [0.3, 0.4) is 0 Å². The van der Waals surface area contributed by atoms with Gasteiger partial charge in [-0.2, -0.15) is 0 Å². The predicted molar refractivity (Wildman–Crippen MR) is 50.0 cm³/mol. The highest BCUT2D eigenvalue weighted by Crippen LogP contribution is 2.19. The van der Waals surface area contributed by atoms with Gasteiger partial charge in [-0.15, -0.1) is 0 Å². The van der Waals surface area contributed by atoms with Crippen LogP contribution >= 0.6 is 0 Å². The van der Waals surface area contributed by atoms with Crippen molar-refractivity contribution in [2.45, 2.75) is 12.5 Å². The van der Waals surface area contributed by atoms with Gasteiger partial charge in [-0.3, -0.25) is 4.79 Å². The molecule has 1 aromatic rings. The first kappa shape index (κ1) is 13.4. The third-order valence-corrected chi connectivity index (χ3v) is 2.12. The zero-order chi connectivity index (χ0) is 13.2. The number of halogens is 4. The van der Waals surface area contributed by atoms with Gasteiger partial charge in [0, 0.05) is 6.42 Å². The molecule has 0 fully saturated rings. The second-order valence-electron chi connectivity index (χ2n) is 3.29. The molecule has 0 heterocycles. The van der Waals surface area contributed by atoms with Crippen LogP contribution in [0.4, 0.5) is 17.6 Å². The predicted octanol–water partition coefficient (Wildman–Crippen LogP) is 1.29. The quantitative estimate of drug-likeness (QED) is 0.381. The van der Waals surface area contributed by atoms with E-state index in [9.17, 15) is 22.4 Å². The van der Waals surface area contributed by atoms with Crippen LogP contribution in [-0.2, 0) is 16.0 Å². The number of nitrogens with two attached hydrogens (primary N) is 1. The van der Waals surface area contributed by atoms with Crippen LogP contribution in [0.15, 0.2) is 6.07 Å². The van der Waals surface area contributed by atoms with Crippen molar-refractivity contribution < 1.29 is 27.1 Å². The molecule has 0 aliphatic heterocycles. The summed E-state index contributed by atoms with van der Waals surface area (Å²) >= 11 is 0. The Labute approximate surface area is 94.2 Å². The van der Waals surface area contributed by atoms with E-state index in [0.717, 1.165) is 7.11 Å². The highest BCUT2D eigenvalue weighted by Gasteiger charge is 2.22. The van der Waals surface area contributed by atoms with Gasteiger partial charge in [0.15, 0.2) is 23.3 Å². The Morgan fingerprint density at radius 2 is 1.88 bits per heavy atom. The Bertz CT molecular complexity index is 450. The van der Waals surface area contributed by atoms with Gasteiger partial charge in [-0.25, -0.2) is 17.6 Å². The van der Waals surface area contributed by atoms with E-state index in [0.29, 0.717) is 6.07 Å². The summed E-state index contributed by atoms with van der Waals surface area (Å²) in [5.74, 6) is -7.82. The fourth-order valence-electron chi connectivity index (χ4n) is 1.24. The lowest BCUT2D eigenvalue weighted by molar-refractivity contribution is -0.142. The molecular formula is C10H9F4NO2. The average Bonchev–Trinajstić information content (AvgIpc) is 2.32. The molecule has 3 nitrogen and oxygen atoms in total. The second kappa shape index (κ2) is 5.13. The monoisotopic (exact) mass is 251 g/mol. The molecule has 2 N–H and O–H groups in total. The highest BCUT2D eigenvalue weighted by atomic mass is 19.2. The molecule has 0 spiro atoms. The van der Waals surface area contributed by atoms with Crippen LogP contribution in [0.25, 0.3) is 0 Å². The van der Waals surface area contributed by atoms with E-state index in [2.05, 4.69) is 4.74 Å². The van der Waals surface area contributed by atoms with E-state index in [-0.39, 0.29) is 0 Å². The van der Waals surface area contributed by atoms with Crippen molar-refractivity contribution in [2.24, 2.45) is 5.73 Å². The molecule has 17 heavy (non-hydrogen) atoms. The third-order valence-electron chi connectivity index (χ3n) is 2.12. The Morgan fingerprint density at radius 3 is 2.41 bits per heavy atom. The Hall–Kier alpha value is -1.63. The van der Waals surface area contributed by atoms with Gasteiger partial charge in [0.1, 0.15) is 6.04 Å². The second-order valence-corrected chi connectivity index (χ2v) is 3.29. The summed E-state index contributed by atoms with van der Waals surface area (Å²) in [6.07, 6.45) is -0.493. The van der Waals surface area contributed by atoms with E-state index in [1.54, 1.807) is 0 Å². The smallest absolute Gasteiger partial charge is 0.322 e. The molecule has 0 saturated heterocycles. The van der Waals surface area contributed by atoms with Crippen molar-refractivity contribution >= 4 is 5.97 Å². The van der Waals surface area contributed by atoms with Crippen molar-refractivity contribution in [3.8, 4) is 0 Å². The van der Waals surface area contributed by atoms with Gasteiger partial charge in [0.2, 0.25) is 0 Å². The average molecular weight is 251 g/mol. The zero-order valence-electron chi connectivity index (χ0n) is 8.77. The molecule has 7 heteroatoms. The number of hydrogen-bond acceptors (Lipinski definition) is 3. The molecule has 0 saturated carbocycles. The van der Waals surface area contributed by atoms with E-state index in [1.165, 1.54) is 0 Å². The maximum absolute atomic E-state index is 13.2. The summed E-state index contributed by atoms with van der Waals surface area (Å²) in [5.41, 5.74) is 4.76. The number of carbonyl (C=O) groups is 1. The number of benzene rings is 1. The van der Waals surface area contributed by atoms with E-state index in [1.807, 2.05) is 0 Å². The SMILES string of the molecule is COC(=O)C(N)Cc1cc(F)c(F)c(F)c1F. The van der Waals surface area contributed by atoms with Crippen molar-refractivity contribution in [1.29, 1.82) is 0 Å². The number of rotatable bonds is 3. The van der Waals surface area contributed by atoms with Crippen molar-refractivity contribution in [1.82, 2.24) is 0 Å². The van der Waals surface area contributed by atoms with E-state index >= 15 is 0 Å². The van der Waals surface area contributed by atoms with Gasteiger partial charge in [0.25, 0.3) is 0 Å². The van der Waals surface area contributed by atoms with Crippen LogP contribution in [0, 0.1) is 23.3 Å². The van der Waals surface area contributed by atoms with Crippen molar-refractivity contribution in [2.75, 3.05) is 7.11 Å². The van der Waals surface area contributed by atoms with Crippen LogP contribution in [0.2, 0.25) is 0 Å². The fraction of sp³-hybridized carbons (Fsp3) is 0.300. The Morgan fingerprint density at radius 1 is 1.29 bits per heavy atom. The van der Waals surface area contributed by atoms with Crippen molar-refractivity contribution in [3.63, 3.8) is 0 Å². The first-order valence-electron chi connectivity index (χ1n) is 4.53. The highest BCUT2D eigenvalue weighted by molar-refractivity contribution is 5.75. The number of methoxy groups -OCH3 is 1. The lowest BCUT2D eigenvalue weighted by Crippen LogP contribution is -2.34. The zero-order valence-corrected chi connectivity index (χ0v) is 8.77. The molecule has 0 aromatic heterocycles. The summed E-state index contributed by atoms with van der Waals surface area (Å²) in [7, 11) is 1.06. The normalized spacial score (nSPS) is 12.4. The minimum absolute atomic E-state index is 0.455. The largest absolute Gasteiger partial charge is 0.468 e. The third kappa shape index (κ3) is 2.73. The van der Waals surface area contributed by atoms with Gasteiger partial charge < -0.3 is 10.5 Å². The lowest BCUT2D eigenvalue weighted by atomic mass is 10.1. The van der Waals surface area contributed by atoms with Crippen molar-refractivity contribution in [3.05, 3.63) is 34.9 Å². The minimum Gasteiger partial charge on any atom is -0.468 e. The topological polar surface area (TPSA) is 52.3 Å². The van der Waals surface area contributed by atoms with E-state index in [4.69, 9.17) is 5.73 Å². The van der Waals surface area contributed by atoms with Gasteiger partial charge >= 0.3 is 5.97 Å². The summed E-state index contributed by atoms with van der Waals surface area (Å²) in [5, 5.41) is 0. The Kier molecular flexibility index (Phi) is 4.06. The lowest BCUT2D eigenvalue weighted by Gasteiger charge is -2.10. The molecule has 1 aromatic carbocycles. The standard InChI is InChI=1S/C10H9F4NO2/c1-17-10(16)6(15)3-4-2-5(11)8(13)9(14)7(4)12/h2,6H,3,15H2,1H3. The molecule has 0 aliphatic rings. The summed E-state index contributed by atoms with van der Waals surface area (Å²) < 4.78 is 55.7. The van der Waals surface area contributed by atoms with Crippen LogP contribution in [0.5, 0.6) is 0 Å². The Balaban J connectivity index is 3.04. The number of carbonyl (C=O) groups excluding carboxylic acids is 1. The minimum atomic E-state index is -1.93.